The van der Waals surface area contributed by atoms with Crippen LogP contribution in [0, 0.1) is 0 Å². The van der Waals surface area contributed by atoms with E-state index in [1.54, 1.807) is 36.5 Å². The second-order valence-corrected chi connectivity index (χ2v) is 11.0. The molecule has 0 unspecified atom stereocenters. The molecule has 0 bridgehead atoms. The molecule has 0 amide bonds. The van der Waals surface area contributed by atoms with Crippen LogP contribution in [0.2, 0.25) is 5.02 Å². The zero-order chi connectivity index (χ0) is 19.7. The van der Waals surface area contributed by atoms with Gasteiger partial charge in [0, 0.05) is 34.5 Å². The lowest BCUT2D eigenvalue weighted by Crippen LogP contribution is -2.22. The van der Waals surface area contributed by atoms with E-state index in [9.17, 15) is 16.8 Å². The van der Waals surface area contributed by atoms with E-state index in [4.69, 9.17) is 11.6 Å². The number of nitrogens with zero attached hydrogens (tertiary/aromatic N) is 1. The number of sulfone groups is 1. The van der Waals surface area contributed by atoms with E-state index in [0.717, 1.165) is 6.26 Å². The van der Waals surface area contributed by atoms with E-state index in [1.807, 2.05) is 0 Å². The first-order chi connectivity index (χ1) is 12.6. The number of nitrogens with one attached hydrogen (secondary N) is 1. The van der Waals surface area contributed by atoms with E-state index in [2.05, 4.69) is 9.71 Å². The number of rotatable bonds is 6. The smallest absolute Gasteiger partial charge is 0.240 e. The summed E-state index contributed by atoms with van der Waals surface area (Å²) >= 11 is 7.13. The molecule has 27 heavy (non-hydrogen) atoms. The number of aromatic nitrogens is 1. The lowest BCUT2D eigenvalue weighted by molar-refractivity contribution is 0.581. The summed E-state index contributed by atoms with van der Waals surface area (Å²) in [4.78, 5) is 5.25. The van der Waals surface area contributed by atoms with Gasteiger partial charge in [-0.3, -0.25) is 0 Å². The van der Waals surface area contributed by atoms with Gasteiger partial charge in [0.25, 0.3) is 0 Å². The zero-order valence-corrected chi connectivity index (χ0v) is 17.3. The van der Waals surface area contributed by atoms with Crippen LogP contribution in [0.3, 0.4) is 0 Å². The first-order valence-corrected chi connectivity index (χ1v) is 12.2. The van der Waals surface area contributed by atoms with Crippen molar-refractivity contribution in [3.8, 4) is 10.6 Å². The first kappa shape index (κ1) is 20.0. The maximum absolute atomic E-state index is 12.3. The highest BCUT2D eigenvalue weighted by molar-refractivity contribution is 7.90. The third kappa shape index (κ3) is 4.94. The second kappa shape index (κ2) is 7.69. The average molecular weight is 443 g/mol. The molecule has 0 fully saturated rings. The molecular weight excluding hydrogens is 428 g/mol. The predicted octanol–water partition coefficient (Wildman–Crippen LogP) is 3.35. The van der Waals surface area contributed by atoms with Crippen LogP contribution in [0.15, 0.2) is 64.5 Å². The summed E-state index contributed by atoms with van der Waals surface area (Å²) in [5.41, 5.74) is 0.659. The highest BCUT2D eigenvalue weighted by Gasteiger charge is 2.15. The van der Waals surface area contributed by atoms with Crippen molar-refractivity contribution in [2.45, 2.75) is 16.3 Å². The van der Waals surface area contributed by atoms with Crippen molar-refractivity contribution in [2.24, 2.45) is 0 Å². The molecule has 0 aliphatic heterocycles. The molecule has 3 aromatic rings. The van der Waals surface area contributed by atoms with Crippen LogP contribution in [0.25, 0.3) is 10.6 Å². The van der Waals surface area contributed by atoms with Crippen LogP contribution in [0.4, 0.5) is 0 Å². The van der Waals surface area contributed by atoms with Crippen molar-refractivity contribution in [3.63, 3.8) is 0 Å². The molecule has 0 atom stereocenters. The Morgan fingerprint density at radius 1 is 1.04 bits per heavy atom. The number of thiazole rings is 1. The Balaban J connectivity index is 1.77. The normalized spacial score (nSPS) is 12.2. The van der Waals surface area contributed by atoms with Crippen LogP contribution >= 0.6 is 22.9 Å². The van der Waals surface area contributed by atoms with Gasteiger partial charge in [-0.05, 0) is 30.3 Å². The van der Waals surface area contributed by atoms with Crippen molar-refractivity contribution in [1.82, 2.24) is 9.71 Å². The Kier molecular flexibility index (Phi) is 5.68. The van der Waals surface area contributed by atoms with Gasteiger partial charge in [-0.15, -0.1) is 11.3 Å². The van der Waals surface area contributed by atoms with Crippen molar-refractivity contribution in [1.29, 1.82) is 0 Å². The molecule has 6 nitrogen and oxygen atoms in total. The Hall–Kier alpha value is -1.78. The fourth-order valence-electron chi connectivity index (χ4n) is 2.27. The molecule has 10 heteroatoms. The number of sulfonamides is 1. The maximum atomic E-state index is 12.3. The van der Waals surface area contributed by atoms with Gasteiger partial charge in [0.2, 0.25) is 10.0 Å². The molecule has 1 aromatic heterocycles. The molecule has 142 valence electrons. The largest absolute Gasteiger partial charge is 0.244 e. The summed E-state index contributed by atoms with van der Waals surface area (Å²) < 4.78 is 50.6. The predicted molar refractivity (Wildman–Crippen MR) is 106 cm³/mol. The van der Waals surface area contributed by atoms with Crippen LogP contribution < -0.4 is 4.72 Å². The molecule has 3 rings (SSSR count). The molecule has 0 saturated heterocycles. The topological polar surface area (TPSA) is 93.2 Å². The minimum absolute atomic E-state index is 0.0677. The molecule has 0 spiro atoms. The molecule has 2 aromatic carbocycles. The van der Waals surface area contributed by atoms with E-state index < -0.39 is 19.9 Å². The molecule has 0 aliphatic carbocycles. The van der Waals surface area contributed by atoms with Crippen molar-refractivity contribution >= 4 is 42.8 Å². The fourth-order valence-corrected chi connectivity index (χ4v) is 5.18. The van der Waals surface area contributed by atoms with E-state index >= 15 is 0 Å². The molecular formula is C17H15ClN2O4S3. The van der Waals surface area contributed by atoms with Gasteiger partial charge in [0.15, 0.2) is 9.84 Å². The summed E-state index contributed by atoms with van der Waals surface area (Å²) in [5.74, 6) is 0. The highest BCUT2D eigenvalue weighted by Crippen LogP contribution is 2.27. The number of hydrogen-bond acceptors (Lipinski definition) is 6. The Morgan fingerprint density at radius 2 is 1.74 bits per heavy atom. The summed E-state index contributed by atoms with van der Waals surface area (Å²) in [6.07, 6.45) is 2.71. The third-order valence-corrected chi connectivity index (χ3v) is 7.40. The summed E-state index contributed by atoms with van der Waals surface area (Å²) in [6.45, 7) is 0.0677. The lowest BCUT2D eigenvalue weighted by Gasteiger charge is -2.05. The number of benzene rings is 2. The van der Waals surface area contributed by atoms with E-state index in [-0.39, 0.29) is 16.3 Å². The van der Waals surface area contributed by atoms with E-state index in [1.165, 1.54) is 29.5 Å². The van der Waals surface area contributed by atoms with Gasteiger partial charge >= 0.3 is 0 Å². The van der Waals surface area contributed by atoms with Crippen LogP contribution in [-0.4, -0.2) is 28.1 Å². The quantitative estimate of drug-likeness (QED) is 0.631. The Bertz CT molecular complexity index is 1190. The van der Waals surface area contributed by atoms with Gasteiger partial charge in [-0.25, -0.2) is 26.5 Å². The second-order valence-electron chi connectivity index (χ2n) is 5.71. The van der Waals surface area contributed by atoms with Crippen molar-refractivity contribution in [2.75, 3.05) is 6.26 Å². The molecule has 1 heterocycles. The minimum Gasteiger partial charge on any atom is -0.244 e. The SMILES string of the molecule is CS(=O)(=O)c1cccc(-c2ncc(CNS(=O)(=O)c3cccc(Cl)c3)s2)c1. The summed E-state index contributed by atoms with van der Waals surface area (Å²) in [7, 11) is -7.01. The van der Waals surface area contributed by atoms with E-state index in [0.29, 0.717) is 20.5 Å². The van der Waals surface area contributed by atoms with Gasteiger partial charge in [-0.1, -0.05) is 29.8 Å². The number of halogens is 1. The molecule has 0 radical (unpaired) electrons. The van der Waals surface area contributed by atoms with Crippen molar-refractivity contribution < 1.29 is 16.8 Å². The lowest BCUT2D eigenvalue weighted by atomic mass is 10.2. The van der Waals surface area contributed by atoms with Gasteiger partial charge in [-0.2, -0.15) is 0 Å². The van der Waals surface area contributed by atoms with Crippen LogP contribution in [-0.2, 0) is 26.4 Å². The molecule has 0 aliphatic rings. The zero-order valence-electron chi connectivity index (χ0n) is 14.1. The minimum atomic E-state index is -3.70. The molecule has 1 N–H and O–H groups in total. The summed E-state index contributed by atoms with van der Waals surface area (Å²) in [5, 5.41) is 0.946. The van der Waals surface area contributed by atoms with Gasteiger partial charge < -0.3 is 0 Å². The molecule has 0 saturated carbocycles. The van der Waals surface area contributed by atoms with Gasteiger partial charge in [0.05, 0.1) is 9.79 Å². The Labute approximate surface area is 166 Å². The van der Waals surface area contributed by atoms with Crippen LogP contribution in [0.5, 0.6) is 0 Å². The van der Waals surface area contributed by atoms with Gasteiger partial charge in [0.1, 0.15) is 5.01 Å². The summed E-state index contributed by atoms with van der Waals surface area (Å²) in [6, 6.07) is 12.5. The first-order valence-electron chi connectivity index (χ1n) is 7.65. The maximum Gasteiger partial charge on any atom is 0.240 e. The van der Waals surface area contributed by atoms with Crippen LogP contribution in [0.1, 0.15) is 4.88 Å². The Morgan fingerprint density at radius 3 is 2.44 bits per heavy atom. The monoisotopic (exact) mass is 442 g/mol. The average Bonchev–Trinajstić information content (AvgIpc) is 3.09. The fraction of sp³-hybridized carbons (Fsp3) is 0.118. The van der Waals surface area contributed by atoms with Crippen molar-refractivity contribution in [3.05, 3.63) is 64.6 Å². The standard InChI is InChI=1S/C17H15ClN2O4S3/c1-26(21,22)15-6-2-4-12(8-15)17-19-10-14(25-17)11-20-27(23,24)16-7-3-5-13(18)9-16/h2-10,20H,11H2,1H3. The number of hydrogen-bond donors (Lipinski definition) is 1. The highest BCUT2D eigenvalue weighted by atomic mass is 35.5. The third-order valence-electron chi connectivity index (χ3n) is 3.61.